The quantitative estimate of drug-likeness (QED) is 0.702. The minimum Gasteiger partial charge on any atom is -0.352 e. The molecule has 0 unspecified atom stereocenters. The summed E-state index contributed by atoms with van der Waals surface area (Å²) in [6, 6.07) is 11.5. The van der Waals surface area contributed by atoms with Crippen LogP contribution in [0.3, 0.4) is 0 Å². The van der Waals surface area contributed by atoms with Crippen molar-refractivity contribution in [2.75, 3.05) is 27.2 Å². The van der Waals surface area contributed by atoms with Crippen LogP contribution in [0.25, 0.3) is 0 Å². The van der Waals surface area contributed by atoms with Crippen molar-refractivity contribution in [3.63, 3.8) is 0 Å². The first-order valence-corrected chi connectivity index (χ1v) is 11.9. The Bertz CT molecular complexity index is 887. The number of nitrogens with zero attached hydrogens (tertiary/aromatic N) is 1. The fourth-order valence-corrected chi connectivity index (χ4v) is 6.12. The van der Waals surface area contributed by atoms with Crippen LogP contribution in [0.5, 0.6) is 0 Å². The van der Waals surface area contributed by atoms with Crippen molar-refractivity contribution in [3.05, 3.63) is 52.9 Å². The molecule has 2 heterocycles. The van der Waals surface area contributed by atoms with Crippen molar-refractivity contribution >= 4 is 27.3 Å². The monoisotopic (exact) mass is 422 g/mol. The Kier molecular flexibility index (Phi) is 6.87. The number of quaternary nitrogens is 1. The van der Waals surface area contributed by atoms with Gasteiger partial charge in [-0.3, -0.25) is 4.79 Å². The first-order valence-electron chi connectivity index (χ1n) is 9.55. The van der Waals surface area contributed by atoms with Gasteiger partial charge in [-0.2, -0.15) is 4.31 Å². The maximum Gasteiger partial charge on any atom is 0.252 e. The Labute approximate surface area is 171 Å². The highest BCUT2D eigenvalue weighted by Gasteiger charge is 2.32. The zero-order valence-electron chi connectivity index (χ0n) is 16.3. The van der Waals surface area contributed by atoms with Gasteiger partial charge in [0.25, 0.3) is 10.0 Å². The minimum atomic E-state index is -3.42. The number of benzene rings is 1. The number of rotatable bonds is 7. The predicted octanol–water partition coefficient (Wildman–Crippen LogP) is 1.11. The third kappa shape index (κ3) is 5.00. The molecule has 3 rings (SSSR count). The lowest BCUT2D eigenvalue weighted by molar-refractivity contribution is -0.872. The van der Waals surface area contributed by atoms with Crippen LogP contribution in [0, 0.1) is 5.92 Å². The van der Waals surface area contributed by atoms with Gasteiger partial charge in [0.1, 0.15) is 10.8 Å². The van der Waals surface area contributed by atoms with E-state index in [9.17, 15) is 13.2 Å². The molecule has 1 aliphatic rings. The number of carbonyl (C=O) groups is 1. The van der Waals surface area contributed by atoms with Crippen molar-refractivity contribution in [1.82, 2.24) is 9.62 Å². The molecule has 1 aliphatic heterocycles. The van der Waals surface area contributed by atoms with Crippen LogP contribution >= 0.6 is 11.3 Å². The van der Waals surface area contributed by atoms with E-state index in [4.69, 9.17) is 0 Å². The van der Waals surface area contributed by atoms with Gasteiger partial charge in [0.05, 0.1) is 14.1 Å². The number of thiophene rings is 1. The van der Waals surface area contributed by atoms with Gasteiger partial charge < -0.3 is 10.2 Å². The van der Waals surface area contributed by atoms with Gasteiger partial charge >= 0.3 is 0 Å². The maximum absolute atomic E-state index is 12.6. The van der Waals surface area contributed by atoms with Gasteiger partial charge in [-0.05, 0) is 29.9 Å². The summed E-state index contributed by atoms with van der Waals surface area (Å²) in [6.45, 7) is 2.19. The van der Waals surface area contributed by atoms with Gasteiger partial charge in [0, 0.05) is 31.1 Å². The lowest BCUT2D eigenvalue weighted by atomic mass is 9.97. The van der Waals surface area contributed by atoms with Crippen molar-refractivity contribution < 1.29 is 18.1 Å². The van der Waals surface area contributed by atoms with Crippen LogP contribution in [0.15, 0.2) is 46.0 Å². The van der Waals surface area contributed by atoms with E-state index in [0.717, 1.165) is 12.1 Å². The molecular formula is C20H28N3O3S2+. The minimum absolute atomic E-state index is 0.0141. The van der Waals surface area contributed by atoms with Crippen LogP contribution in [-0.2, 0) is 27.9 Å². The Hall–Kier alpha value is -1.74. The predicted molar refractivity (Wildman–Crippen MR) is 111 cm³/mol. The second kappa shape index (κ2) is 9.17. The smallest absolute Gasteiger partial charge is 0.252 e. The SMILES string of the molecule is C[NH+](C)Cc1ccccc1CNC(=O)C1CCN(S(=O)(=O)c2cccs2)CC1. The second-order valence-electron chi connectivity index (χ2n) is 7.48. The first-order chi connectivity index (χ1) is 13.4. The summed E-state index contributed by atoms with van der Waals surface area (Å²) < 4.78 is 27.1. The van der Waals surface area contributed by atoms with Gasteiger partial charge in [0.2, 0.25) is 5.91 Å². The third-order valence-corrected chi connectivity index (χ3v) is 8.30. The first kappa shape index (κ1) is 21.0. The molecule has 6 nitrogen and oxygen atoms in total. The van der Waals surface area contributed by atoms with E-state index in [-0.39, 0.29) is 11.8 Å². The molecule has 8 heteroatoms. The van der Waals surface area contributed by atoms with E-state index >= 15 is 0 Å². The van der Waals surface area contributed by atoms with E-state index in [0.29, 0.717) is 36.7 Å². The Balaban J connectivity index is 1.54. The molecule has 0 bridgehead atoms. The highest BCUT2D eigenvalue weighted by molar-refractivity contribution is 7.91. The van der Waals surface area contributed by atoms with Crippen LogP contribution in [0.4, 0.5) is 0 Å². The summed E-state index contributed by atoms with van der Waals surface area (Å²) in [5.74, 6) is -0.124. The average molecular weight is 423 g/mol. The van der Waals surface area contributed by atoms with Crippen molar-refractivity contribution in [1.29, 1.82) is 0 Å². The van der Waals surface area contributed by atoms with Gasteiger partial charge in [-0.15, -0.1) is 11.3 Å². The second-order valence-corrected chi connectivity index (χ2v) is 10.6. The highest BCUT2D eigenvalue weighted by atomic mass is 32.2. The molecule has 0 saturated carbocycles. The largest absolute Gasteiger partial charge is 0.352 e. The van der Waals surface area contributed by atoms with Crippen molar-refractivity contribution in [2.24, 2.45) is 5.92 Å². The molecule has 2 N–H and O–H groups in total. The Morgan fingerprint density at radius 3 is 2.43 bits per heavy atom. The average Bonchev–Trinajstić information content (AvgIpc) is 3.22. The molecule has 0 aliphatic carbocycles. The van der Waals surface area contributed by atoms with E-state index in [1.807, 2.05) is 12.1 Å². The summed E-state index contributed by atoms with van der Waals surface area (Å²) in [4.78, 5) is 13.9. The standard InChI is InChI=1S/C20H27N3O3S2/c1-22(2)15-18-7-4-3-6-17(18)14-21-20(24)16-9-11-23(12-10-16)28(25,26)19-8-5-13-27-19/h3-8,13,16H,9-12,14-15H2,1-2H3,(H,21,24)/p+1. The fraction of sp³-hybridized carbons (Fsp3) is 0.450. The number of hydrogen-bond donors (Lipinski definition) is 2. The molecule has 0 radical (unpaired) electrons. The van der Waals surface area contributed by atoms with Gasteiger partial charge in [-0.25, -0.2) is 8.42 Å². The number of sulfonamides is 1. The molecule has 1 saturated heterocycles. The topological polar surface area (TPSA) is 70.9 Å². The summed E-state index contributed by atoms with van der Waals surface area (Å²) >= 11 is 1.23. The molecule has 0 spiro atoms. The number of nitrogens with one attached hydrogen (secondary N) is 2. The number of piperidine rings is 1. The van der Waals surface area contributed by atoms with E-state index < -0.39 is 10.0 Å². The Morgan fingerprint density at radius 1 is 1.14 bits per heavy atom. The van der Waals surface area contributed by atoms with Gasteiger partial charge in [0.15, 0.2) is 0 Å². The molecule has 28 heavy (non-hydrogen) atoms. The number of hydrogen-bond acceptors (Lipinski definition) is 4. The highest BCUT2D eigenvalue weighted by Crippen LogP contribution is 2.26. The Morgan fingerprint density at radius 2 is 1.82 bits per heavy atom. The summed E-state index contributed by atoms with van der Waals surface area (Å²) in [7, 11) is 0.787. The third-order valence-electron chi connectivity index (χ3n) is 5.03. The van der Waals surface area contributed by atoms with Crippen LogP contribution in [0.2, 0.25) is 0 Å². The molecular weight excluding hydrogens is 394 g/mol. The van der Waals surface area contributed by atoms with Gasteiger partial charge in [-0.1, -0.05) is 30.3 Å². The number of amides is 1. The lowest BCUT2D eigenvalue weighted by Crippen LogP contribution is -3.04. The molecule has 1 amide bonds. The fourth-order valence-electron chi connectivity index (χ4n) is 3.51. The summed E-state index contributed by atoms with van der Waals surface area (Å²) in [5, 5.41) is 4.82. The molecule has 2 aromatic rings. The molecule has 152 valence electrons. The zero-order chi connectivity index (χ0) is 20.1. The van der Waals surface area contributed by atoms with Crippen molar-refractivity contribution in [2.45, 2.75) is 30.1 Å². The van der Waals surface area contributed by atoms with E-state index in [1.54, 1.807) is 17.5 Å². The molecule has 1 aromatic carbocycles. The van der Waals surface area contributed by atoms with Crippen LogP contribution in [-0.4, -0.2) is 45.8 Å². The zero-order valence-corrected chi connectivity index (χ0v) is 18.0. The lowest BCUT2D eigenvalue weighted by Gasteiger charge is -2.30. The summed E-state index contributed by atoms with van der Waals surface area (Å²) in [5.41, 5.74) is 2.37. The molecule has 1 aromatic heterocycles. The van der Waals surface area contributed by atoms with E-state index in [1.165, 1.54) is 26.1 Å². The summed E-state index contributed by atoms with van der Waals surface area (Å²) in [6.07, 6.45) is 1.11. The van der Waals surface area contributed by atoms with Crippen LogP contribution < -0.4 is 10.2 Å². The van der Waals surface area contributed by atoms with Crippen molar-refractivity contribution in [3.8, 4) is 0 Å². The molecule has 0 atom stereocenters. The van der Waals surface area contributed by atoms with Crippen LogP contribution in [0.1, 0.15) is 24.0 Å². The molecule has 1 fully saturated rings. The number of carbonyl (C=O) groups excluding carboxylic acids is 1. The maximum atomic E-state index is 12.6. The normalized spacial score (nSPS) is 16.4. The van der Waals surface area contributed by atoms with E-state index in [2.05, 4.69) is 31.5 Å².